The van der Waals surface area contributed by atoms with Crippen LogP contribution in [-0.2, 0) is 9.47 Å². The summed E-state index contributed by atoms with van der Waals surface area (Å²) in [7, 11) is -1.47. The molecule has 0 aromatic rings. The van der Waals surface area contributed by atoms with E-state index >= 15 is 0 Å². The van der Waals surface area contributed by atoms with Crippen molar-refractivity contribution in [1.82, 2.24) is 0 Å². The maximum absolute atomic E-state index is 10.1. The standard InChI is InChI=1S/C14H28O3Si/c1-5-12(15)13(18(2,3)4)9-11-17-14-8-6-7-10-16-14/h9,12,14-15H,5-8,10-11H2,1-4H3. The van der Waals surface area contributed by atoms with E-state index in [9.17, 15) is 5.11 Å². The molecule has 0 amide bonds. The van der Waals surface area contributed by atoms with E-state index in [1.165, 1.54) is 11.6 Å². The first-order valence-corrected chi connectivity index (χ1v) is 10.6. The average molecular weight is 272 g/mol. The number of ether oxygens (including phenoxy) is 2. The molecule has 1 N–H and O–H groups in total. The first-order chi connectivity index (χ1) is 8.45. The van der Waals surface area contributed by atoms with E-state index < -0.39 is 8.07 Å². The Kier molecular flexibility index (Phi) is 6.56. The van der Waals surface area contributed by atoms with E-state index in [1.54, 1.807) is 0 Å². The quantitative estimate of drug-likeness (QED) is 0.755. The number of hydrogen-bond donors (Lipinski definition) is 1. The van der Waals surface area contributed by atoms with Crippen LogP contribution in [0, 0.1) is 0 Å². The van der Waals surface area contributed by atoms with E-state index in [0.717, 1.165) is 25.9 Å². The molecule has 2 atom stereocenters. The van der Waals surface area contributed by atoms with Gasteiger partial charge in [-0.1, -0.05) is 37.8 Å². The monoisotopic (exact) mass is 272 g/mol. The zero-order valence-electron chi connectivity index (χ0n) is 12.2. The molecule has 0 spiro atoms. The van der Waals surface area contributed by atoms with E-state index in [2.05, 4.69) is 25.7 Å². The van der Waals surface area contributed by atoms with Crippen LogP contribution in [0.25, 0.3) is 0 Å². The second kappa shape index (κ2) is 7.43. The summed E-state index contributed by atoms with van der Waals surface area (Å²) in [4.78, 5) is 0. The Balaban J connectivity index is 2.49. The lowest BCUT2D eigenvalue weighted by atomic mass is 10.2. The van der Waals surface area contributed by atoms with Gasteiger partial charge in [-0.2, -0.15) is 0 Å². The Morgan fingerprint density at radius 1 is 1.44 bits per heavy atom. The van der Waals surface area contributed by atoms with Crippen molar-refractivity contribution >= 4 is 8.07 Å². The molecule has 1 fully saturated rings. The van der Waals surface area contributed by atoms with Crippen molar-refractivity contribution in [3.05, 3.63) is 11.3 Å². The van der Waals surface area contributed by atoms with Gasteiger partial charge in [-0.25, -0.2) is 0 Å². The molecule has 0 aromatic heterocycles. The minimum absolute atomic E-state index is 0.0448. The number of rotatable bonds is 6. The largest absolute Gasteiger partial charge is 0.389 e. The SMILES string of the molecule is CCC(O)C(=CCOC1CCCCO1)[Si](C)(C)C. The number of aliphatic hydroxyl groups is 1. The van der Waals surface area contributed by atoms with Gasteiger partial charge in [0.05, 0.1) is 20.8 Å². The van der Waals surface area contributed by atoms with Crippen molar-refractivity contribution in [3.63, 3.8) is 0 Å². The van der Waals surface area contributed by atoms with Gasteiger partial charge in [-0.3, -0.25) is 0 Å². The minimum atomic E-state index is -1.47. The fourth-order valence-electron chi connectivity index (χ4n) is 2.25. The average Bonchev–Trinajstić information content (AvgIpc) is 2.33. The van der Waals surface area contributed by atoms with E-state index in [-0.39, 0.29) is 12.4 Å². The number of hydrogen-bond acceptors (Lipinski definition) is 3. The molecule has 0 saturated carbocycles. The van der Waals surface area contributed by atoms with Gasteiger partial charge in [0.25, 0.3) is 0 Å². The molecule has 1 saturated heterocycles. The van der Waals surface area contributed by atoms with Crippen molar-refractivity contribution in [3.8, 4) is 0 Å². The van der Waals surface area contributed by atoms with Crippen molar-refractivity contribution in [2.24, 2.45) is 0 Å². The van der Waals surface area contributed by atoms with Gasteiger partial charge in [-0.15, -0.1) is 0 Å². The van der Waals surface area contributed by atoms with Crippen LogP contribution in [-0.4, -0.2) is 38.8 Å². The Labute approximate surface area is 112 Å². The van der Waals surface area contributed by atoms with Crippen LogP contribution in [0.2, 0.25) is 19.6 Å². The van der Waals surface area contributed by atoms with Gasteiger partial charge < -0.3 is 14.6 Å². The molecular weight excluding hydrogens is 244 g/mol. The molecule has 0 aromatic carbocycles. The fourth-order valence-corrected chi connectivity index (χ4v) is 4.15. The Morgan fingerprint density at radius 3 is 2.67 bits per heavy atom. The first kappa shape index (κ1) is 15.9. The molecule has 1 aliphatic rings. The highest BCUT2D eigenvalue weighted by Gasteiger charge is 2.24. The van der Waals surface area contributed by atoms with Crippen LogP contribution in [0.4, 0.5) is 0 Å². The lowest BCUT2D eigenvalue weighted by molar-refractivity contribution is -0.155. The summed E-state index contributed by atoms with van der Waals surface area (Å²) < 4.78 is 11.2. The molecule has 106 valence electrons. The lowest BCUT2D eigenvalue weighted by Crippen LogP contribution is -2.32. The fraction of sp³-hybridized carbons (Fsp3) is 0.857. The topological polar surface area (TPSA) is 38.7 Å². The van der Waals surface area contributed by atoms with Crippen LogP contribution in [0.15, 0.2) is 11.3 Å². The Bertz CT molecular complexity index is 265. The van der Waals surface area contributed by atoms with Crippen molar-refractivity contribution < 1.29 is 14.6 Å². The van der Waals surface area contributed by atoms with Gasteiger partial charge in [0.2, 0.25) is 0 Å². The summed E-state index contributed by atoms with van der Waals surface area (Å²) in [6, 6.07) is 0. The highest BCUT2D eigenvalue weighted by molar-refractivity contribution is 6.83. The summed E-state index contributed by atoms with van der Waals surface area (Å²) in [6.07, 6.45) is 5.82. The molecule has 1 rings (SSSR count). The molecule has 18 heavy (non-hydrogen) atoms. The smallest absolute Gasteiger partial charge is 0.157 e. The predicted octanol–water partition coefficient (Wildman–Crippen LogP) is 3.10. The van der Waals surface area contributed by atoms with E-state index in [1.807, 2.05) is 6.92 Å². The molecule has 0 radical (unpaired) electrons. The Morgan fingerprint density at radius 2 is 2.17 bits per heavy atom. The first-order valence-electron chi connectivity index (χ1n) is 7.07. The summed E-state index contributed by atoms with van der Waals surface area (Å²) >= 11 is 0. The van der Waals surface area contributed by atoms with Gasteiger partial charge >= 0.3 is 0 Å². The second-order valence-electron chi connectivity index (χ2n) is 5.96. The maximum atomic E-state index is 10.1. The van der Waals surface area contributed by atoms with Crippen LogP contribution in [0.5, 0.6) is 0 Å². The highest BCUT2D eigenvalue weighted by atomic mass is 28.3. The summed E-state index contributed by atoms with van der Waals surface area (Å²) in [6.45, 7) is 10.2. The molecular formula is C14H28O3Si. The van der Waals surface area contributed by atoms with Gasteiger partial charge in [0, 0.05) is 6.61 Å². The third kappa shape index (κ3) is 5.22. The zero-order valence-corrected chi connectivity index (χ0v) is 13.2. The van der Waals surface area contributed by atoms with Crippen LogP contribution >= 0.6 is 0 Å². The Hall–Kier alpha value is -0.163. The van der Waals surface area contributed by atoms with Crippen molar-refractivity contribution in [1.29, 1.82) is 0 Å². The van der Waals surface area contributed by atoms with Crippen molar-refractivity contribution in [2.45, 2.75) is 64.6 Å². The van der Waals surface area contributed by atoms with Crippen LogP contribution in [0.1, 0.15) is 32.6 Å². The van der Waals surface area contributed by atoms with E-state index in [4.69, 9.17) is 9.47 Å². The molecule has 1 aliphatic heterocycles. The molecule has 0 aliphatic carbocycles. The summed E-state index contributed by atoms with van der Waals surface area (Å²) in [5.41, 5.74) is 0. The lowest BCUT2D eigenvalue weighted by Gasteiger charge is -2.26. The summed E-state index contributed by atoms with van der Waals surface area (Å²) in [5, 5.41) is 11.3. The summed E-state index contributed by atoms with van der Waals surface area (Å²) in [5.74, 6) is 0. The minimum Gasteiger partial charge on any atom is -0.389 e. The van der Waals surface area contributed by atoms with E-state index in [0.29, 0.717) is 6.61 Å². The molecule has 4 heteroatoms. The number of aliphatic hydroxyl groups excluding tert-OH is 1. The molecule has 0 bridgehead atoms. The van der Waals surface area contributed by atoms with Crippen LogP contribution in [0.3, 0.4) is 0 Å². The zero-order chi connectivity index (χ0) is 13.6. The van der Waals surface area contributed by atoms with Gasteiger partial charge in [0.15, 0.2) is 6.29 Å². The third-order valence-corrected chi connectivity index (χ3v) is 5.60. The third-order valence-electron chi connectivity index (χ3n) is 3.33. The molecule has 2 unspecified atom stereocenters. The molecule has 1 heterocycles. The molecule has 3 nitrogen and oxygen atoms in total. The van der Waals surface area contributed by atoms with Gasteiger partial charge in [0.1, 0.15) is 0 Å². The van der Waals surface area contributed by atoms with Gasteiger partial charge in [-0.05, 0) is 25.7 Å². The van der Waals surface area contributed by atoms with Crippen molar-refractivity contribution in [2.75, 3.05) is 13.2 Å². The maximum Gasteiger partial charge on any atom is 0.157 e. The second-order valence-corrected chi connectivity index (χ2v) is 11.0. The highest BCUT2D eigenvalue weighted by Crippen LogP contribution is 2.21. The van der Waals surface area contributed by atoms with Crippen LogP contribution < -0.4 is 0 Å². The normalized spacial score (nSPS) is 24.1. The predicted molar refractivity (Wildman–Crippen MR) is 77.3 cm³/mol.